The fraction of sp³-hybridized carbons (Fsp3) is 0.682. The Morgan fingerprint density at radius 3 is 2.24 bits per heavy atom. The van der Waals surface area contributed by atoms with Gasteiger partial charge in [0.05, 0.1) is 24.8 Å². The predicted octanol–water partition coefficient (Wildman–Crippen LogP) is 5.29. The van der Waals surface area contributed by atoms with Gasteiger partial charge in [-0.05, 0) is 76.0 Å². The second-order valence-corrected chi connectivity index (χ2v) is 16.7. The molecule has 7 heteroatoms. The van der Waals surface area contributed by atoms with Gasteiger partial charge < -0.3 is 13.7 Å². The first-order chi connectivity index (χ1) is 13.1. The average molecular weight is 442 g/mol. The Kier molecular flexibility index (Phi) is 8.99. The zero-order chi connectivity index (χ0) is 22.6. The molecule has 0 spiro atoms. The molecule has 0 saturated carbocycles. The van der Waals surface area contributed by atoms with Crippen molar-refractivity contribution in [3.05, 3.63) is 34.9 Å². The number of benzene rings is 1. The molecule has 0 saturated heterocycles. The van der Waals surface area contributed by atoms with Gasteiger partial charge >= 0.3 is 5.97 Å². The second-order valence-electron chi connectivity index (χ2n) is 9.91. The molecule has 0 unspecified atom stereocenters. The fourth-order valence-corrected chi connectivity index (χ4v) is 4.23. The summed E-state index contributed by atoms with van der Waals surface area (Å²) in [5.74, 6) is -0.331. The van der Waals surface area contributed by atoms with Crippen LogP contribution in [0.2, 0.25) is 18.1 Å². The van der Waals surface area contributed by atoms with Gasteiger partial charge in [-0.25, -0.2) is 4.79 Å². The van der Waals surface area contributed by atoms with E-state index in [0.717, 1.165) is 11.1 Å². The summed E-state index contributed by atoms with van der Waals surface area (Å²) in [4.78, 5) is 12.0. The first-order valence-electron chi connectivity index (χ1n) is 10.2. The molecule has 0 heterocycles. The van der Waals surface area contributed by atoms with Crippen molar-refractivity contribution >= 4 is 25.6 Å². The van der Waals surface area contributed by atoms with Gasteiger partial charge in [-0.3, -0.25) is 0 Å². The summed E-state index contributed by atoms with van der Waals surface area (Å²) in [5, 5.41) is 0.0868. The normalized spacial score (nSPS) is 15.1. The molecule has 0 bridgehead atoms. The van der Waals surface area contributed by atoms with Gasteiger partial charge in [0.1, 0.15) is 4.75 Å². The maximum atomic E-state index is 12.8. The molecular formula is C22H39NO4SSi. The molecule has 0 amide bonds. The van der Waals surface area contributed by atoms with Crippen molar-refractivity contribution in [2.45, 2.75) is 84.3 Å². The Morgan fingerprint density at radius 1 is 1.21 bits per heavy atom. The number of esters is 1. The molecule has 5 nitrogen and oxygen atoms in total. The standard InChI is InChI=1S/C22H39NO4SSi/c1-11-26-20(24)17-12-13-18(16(2)14-17)19(23-28(25)21(3,4)5)15-27-29(9,10)22(6,7)8/h12-14,19,23H,11,15H2,1-10H3/t19-,28+/m1/s1. The van der Waals surface area contributed by atoms with Crippen LogP contribution in [0.25, 0.3) is 0 Å². The lowest BCUT2D eigenvalue weighted by atomic mass is 10.00. The number of aryl methyl sites for hydroxylation is 1. The molecule has 1 aromatic carbocycles. The Balaban J connectivity index is 3.18. The number of hydrogen-bond donors (Lipinski definition) is 1. The van der Waals surface area contributed by atoms with Gasteiger partial charge in [0, 0.05) is 11.4 Å². The molecule has 0 aromatic heterocycles. The topological polar surface area (TPSA) is 70.6 Å². The van der Waals surface area contributed by atoms with Gasteiger partial charge in [0.2, 0.25) is 0 Å². The van der Waals surface area contributed by atoms with Crippen LogP contribution in [0.4, 0.5) is 0 Å². The summed E-state index contributed by atoms with van der Waals surface area (Å²) >= 11 is -1.25. The zero-order valence-electron chi connectivity index (χ0n) is 19.8. The van der Waals surface area contributed by atoms with Crippen molar-refractivity contribution in [2.75, 3.05) is 13.2 Å². The van der Waals surface area contributed by atoms with Crippen LogP contribution in [0.5, 0.6) is 0 Å². The van der Waals surface area contributed by atoms with Crippen LogP contribution < -0.4 is 4.72 Å². The van der Waals surface area contributed by atoms with Crippen molar-refractivity contribution in [3.8, 4) is 0 Å². The Bertz CT molecular complexity index is 695. The number of carbonyl (C=O) groups excluding carboxylic acids is 1. The lowest BCUT2D eigenvalue weighted by molar-refractivity contribution is 0.0526. The molecule has 2 atom stereocenters. The van der Waals surface area contributed by atoms with Gasteiger partial charge in [0.25, 0.3) is 0 Å². The second kappa shape index (κ2) is 9.96. The number of hydrogen-bond acceptors (Lipinski definition) is 5. The number of ether oxygens (including phenoxy) is 1. The average Bonchev–Trinajstić information content (AvgIpc) is 2.56. The quantitative estimate of drug-likeness (QED) is 0.337. The highest BCUT2D eigenvalue weighted by molar-refractivity contribution is 7.90. The molecular weight excluding hydrogens is 402 g/mol. The highest BCUT2D eigenvalue weighted by Gasteiger charge is 2.39. The molecule has 1 N–H and O–H groups in total. The molecule has 1 aromatic rings. The third-order valence-electron chi connectivity index (χ3n) is 5.38. The van der Waals surface area contributed by atoms with Gasteiger partial charge in [0.15, 0.2) is 8.32 Å². The van der Waals surface area contributed by atoms with Crippen LogP contribution in [0.3, 0.4) is 0 Å². The maximum Gasteiger partial charge on any atom is 0.338 e. The van der Waals surface area contributed by atoms with E-state index >= 15 is 0 Å². The van der Waals surface area contributed by atoms with E-state index < -0.39 is 24.4 Å². The van der Waals surface area contributed by atoms with Crippen molar-refractivity contribution < 1.29 is 18.5 Å². The van der Waals surface area contributed by atoms with Crippen LogP contribution in [-0.2, 0) is 20.5 Å². The fourth-order valence-electron chi connectivity index (χ4n) is 2.41. The summed E-state index contributed by atoms with van der Waals surface area (Å²) in [5.41, 5.74) is 2.45. The van der Waals surface area contributed by atoms with E-state index in [0.29, 0.717) is 18.8 Å². The summed E-state index contributed by atoms with van der Waals surface area (Å²) in [6.07, 6.45) is 0. The SMILES string of the molecule is CCOC(=O)c1ccc([C@@H](CO[Si](C)(C)C(C)(C)C)N[S@@+]([O-])C(C)(C)C)c(C)c1. The molecule has 29 heavy (non-hydrogen) atoms. The Labute approximate surface area is 181 Å². The molecule has 0 aliphatic carbocycles. The maximum absolute atomic E-state index is 12.8. The highest BCUT2D eigenvalue weighted by atomic mass is 32.2. The summed E-state index contributed by atoms with van der Waals surface area (Å²) in [6, 6.07) is 5.27. The molecule has 0 aliphatic heterocycles. The monoisotopic (exact) mass is 441 g/mol. The summed E-state index contributed by atoms with van der Waals surface area (Å²) < 4.78 is 27.2. The van der Waals surface area contributed by atoms with E-state index in [1.54, 1.807) is 13.0 Å². The number of rotatable bonds is 8. The van der Waals surface area contributed by atoms with Crippen LogP contribution in [0, 0.1) is 6.92 Å². The third-order valence-corrected chi connectivity index (χ3v) is 11.5. The van der Waals surface area contributed by atoms with Crippen LogP contribution in [0.15, 0.2) is 18.2 Å². The number of nitrogens with one attached hydrogen (secondary N) is 1. The first kappa shape index (κ1) is 26.2. The molecule has 0 aliphatic rings. The van der Waals surface area contributed by atoms with Gasteiger partial charge in [-0.2, -0.15) is 0 Å². The number of carbonyl (C=O) groups is 1. The van der Waals surface area contributed by atoms with E-state index in [9.17, 15) is 9.35 Å². The minimum atomic E-state index is -1.97. The van der Waals surface area contributed by atoms with Gasteiger partial charge in [-0.15, -0.1) is 4.72 Å². The van der Waals surface area contributed by atoms with E-state index in [2.05, 4.69) is 38.6 Å². The van der Waals surface area contributed by atoms with E-state index in [1.807, 2.05) is 39.8 Å². The highest BCUT2D eigenvalue weighted by Crippen LogP contribution is 2.37. The van der Waals surface area contributed by atoms with Crippen LogP contribution in [0.1, 0.15) is 76.0 Å². The Morgan fingerprint density at radius 2 is 1.79 bits per heavy atom. The smallest absolute Gasteiger partial charge is 0.338 e. The lowest BCUT2D eigenvalue weighted by Gasteiger charge is -2.38. The first-order valence-corrected chi connectivity index (χ1v) is 14.3. The zero-order valence-corrected chi connectivity index (χ0v) is 21.6. The van der Waals surface area contributed by atoms with Crippen molar-refractivity contribution in [3.63, 3.8) is 0 Å². The van der Waals surface area contributed by atoms with Crippen molar-refractivity contribution in [1.82, 2.24) is 4.72 Å². The minimum absolute atomic E-state index is 0.0868. The Hall–Kier alpha value is -0.863. The minimum Gasteiger partial charge on any atom is -0.598 e. The summed E-state index contributed by atoms with van der Waals surface area (Å²) in [7, 11) is -1.97. The van der Waals surface area contributed by atoms with Gasteiger partial charge in [-0.1, -0.05) is 26.8 Å². The van der Waals surface area contributed by atoms with E-state index in [4.69, 9.17) is 9.16 Å². The van der Waals surface area contributed by atoms with E-state index in [1.165, 1.54) is 0 Å². The molecule has 0 radical (unpaired) electrons. The molecule has 166 valence electrons. The predicted molar refractivity (Wildman–Crippen MR) is 124 cm³/mol. The largest absolute Gasteiger partial charge is 0.598 e. The lowest BCUT2D eigenvalue weighted by Crippen LogP contribution is -2.46. The van der Waals surface area contributed by atoms with Crippen LogP contribution in [-0.4, -0.2) is 36.8 Å². The van der Waals surface area contributed by atoms with Crippen LogP contribution >= 0.6 is 0 Å². The van der Waals surface area contributed by atoms with Crippen molar-refractivity contribution in [2.24, 2.45) is 0 Å². The molecule has 1 rings (SSSR count). The molecule has 0 fully saturated rings. The summed E-state index contributed by atoms with van der Waals surface area (Å²) in [6.45, 7) is 21.4. The van der Waals surface area contributed by atoms with E-state index in [-0.39, 0.29) is 17.0 Å². The third kappa shape index (κ3) is 7.40. The van der Waals surface area contributed by atoms with Crippen molar-refractivity contribution in [1.29, 1.82) is 0 Å².